The van der Waals surface area contributed by atoms with Crippen LogP contribution < -0.4 is 19.5 Å². The summed E-state index contributed by atoms with van der Waals surface area (Å²) in [6, 6.07) is 8.16. The lowest BCUT2D eigenvalue weighted by atomic mass is 10.2. The van der Waals surface area contributed by atoms with Crippen LogP contribution in [0.4, 0.5) is 0 Å². The Labute approximate surface area is 156 Å². The fraction of sp³-hybridized carbons (Fsp3) is 0.333. The summed E-state index contributed by atoms with van der Waals surface area (Å²) in [6.07, 6.45) is 0.698. The van der Waals surface area contributed by atoms with Gasteiger partial charge in [-0.05, 0) is 18.6 Å². The summed E-state index contributed by atoms with van der Waals surface area (Å²) in [6.45, 7) is 0.325. The van der Waals surface area contributed by atoms with Crippen LogP contribution in [-0.4, -0.2) is 49.7 Å². The van der Waals surface area contributed by atoms with Crippen LogP contribution in [0.15, 0.2) is 30.3 Å². The number of hydrogen-bond acceptors (Lipinski definition) is 8. The number of esters is 1. The maximum atomic E-state index is 12.4. The van der Waals surface area contributed by atoms with Crippen LogP contribution in [0, 0.1) is 0 Å². The summed E-state index contributed by atoms with van der Waals surface area (Å²) in [7, 11) is 4.24. The first-order valence-corrected chi connectivity index (χ1v) is 8.16. The highest BCUT2D eigenvalue weighted by Gasteiger charge is 2.15. The Morgan fingerprint density at radius 1 is 1.04 bits per heavy atom. The van der Waals surface area contributed by atoms with E-state index in [0.29, 0.717) is 18.5 Å². The standard InChI is InChI=1S/C18H21N3O6/c1-24-14-11-15(25-2)21-18(20-14)27-13-8-5-4-7-12(13)17(23)19-10-6-9-16(22)26-3/h4-5,7-8,11H,6,9-10H2,1-3H3,(H,19,23). The lowest BCUT2D eigenvalue weighted by Crippen LogP contribution is -2.25. The van der Waals surface area contributed by atoms with Crippen LogP contribution in [0.25, 0.3) is 0 Å². The fourth-order valence-corrected chi connectivity index (χ4v) is 2.11. The summed E-state index contributed by atoms with van der Waals surface area (Å²) in [5.74, 6) is 0.142. The molecule has 1 amide bonds. The number of carbonyl (C=O) groups excluding carboxylic acids is 2. The lowest BCUT2D eigenvalue weighted by molar-refractivity contribution is -0.140. The van der Waals surface area contributed by atoms with Gasteiger partial charge in [0.05, 0.1) is 33.0 Å². The third-order valence-electron chi connectivity index (χ3n) is 3.48. The van der Waals surface area contributed by atoms with Crippen molar-refractivity contribution in [2.24, 2.45) is 0 Å². The van der Waals surface area contributed by atoms with E-state index in [4.69, 9.17) is 14.2 Å². The monoisotopic (exact) mass is 375 g/mol. The molecule has 1 heterocycles. The molecule has 1 aromatic heterocycles. The van der Waals surface area contributed by atoms with Crippen LogP contribution >= 0.6 is 0 Å². The van der Waals surface area contributed by atoms with Crippen molar-refractivity contribution < 1.29 is 28.5 Å². The minimum Gasteiger partial charge on any atom is -0.481 e. The number of hydrogen-bond donors (Lipinski definition) is 1. The molecule has 2 aromatic rings. The van der Waals surface area contributed by atoms with Crippen molar-refractivity contribution >= 4 is 11.9 Å². The molecule has 0 aliphatic rings. The highest BCUT2D eigenvalue weighted by molar-refractivity contribution is 5.97. The number of nitrogens with zero attached hydrogens (tertiary/aromatic N) is 2. The summed E-state index contributed by atoms with van der Waals surface area (Å²) < 4.78 is 20.4. The molecule has 0 radical (unpaired) electrons. The Morgan fingerprint density at radius 2 is 1.70 bits per heavy atom. The summed E-state index contributed by atoms with van der Waals surface area (Å²) in [5.41, 5.74) is 0.306. The first-order chi connectivity index (χ1) is 13.1. The van der Waals surface area contributed by atoms with Crippen molar-refractivity contribution in [2.45, 2.75) is 12.8 Å². The minimum atomic E-state index is -0.342. The topological polar surface area (TPSA) is 109 Å². The van der Waals surface area contributed by atoms with Crippen molar-refractivity contribution in [1.82, 2.24) is 15.3 Å². The molecular formula is C18H21N3O6. The molecule has 0 saturated heterocycles. The fourth-order valence-electron chi connectivity index (χ4n) is 2.11. The molecule has 0 spiro atoms. The van der Waals surface area contributed by atoms with Gasteiger partial charge in [-0.1, -0.05) is 12.1 Å². The number of rotatable bonds is 9. The predicted molar refractivity (Wildman–Crippen MR) is 95.2 cm³/mol. The Hall–Kier alpha value is -3.36. The molecule has 0 fully saturated rings. The van der Waals surface area contributed by atoms with Crippen LogP contribution in [0.1, 0.15) is 23.2 Å². The van der Waals surface area contributed by atoms with Crippen molar-refractivity contribution in [1.29, 1.82) is 0 Å². The molecule has 9 heteroatoms. The Kier molecular flexibility index (Phi) is 7.36. The number of carbonyl (C=O) groups is 2. The Bertz CT molecular complexity index is 774. The molecule has 0 aliphatic carbocycles. The van der Waals surface area contributed by atoms with E-state index < -0.39 is 0 Å². The average molecular weight is 375 g/mol. The van der Waals surface area contributed by atoms with Gasteiger partial charge in [-0.2, -0.15) is 9.97 Å². The number of nitrogens with one attached hydrogen (secondary N) is 1. The Morgan fingerprint density at radius 3 is 2.33 bits per heavy atom. The normalized spacial score (nSPS) is 10.0. The quantitative estimate of drug-likeness (QED) is 0.523. The molecule has 0 saturated carbocycles. The smallest absolute Gasteiger partial charge is 0.328 e. The molecule has 1 aromatic carbocycles. The van der Waals surface area contributed by atoms with E-state index in [9.17, 15) is 9.59 Å². The second-order valence-corrected chi connectivity index (χ2v) is 5.27. The second-order valence-electron chi connectivity index (χ2n) is 5.27. The van der Waals surface area contributed by atoms with Gasteiger partial charge in [0, 0.05) is 13.0 Å². The Balaban J connectivity index is 2.09. The first-order valence-electron chi connectivity index (χ1n) is 8.16. The van der Waals surface area contributed by atoms with Gasteiger partial charge in [-0.15, -0.1) is 0 Å². The number of ether oxygens (including phenoxy) is 4. The van der Waals surface area contributed by atoms with E-state index in [2.05, 4.69) is 20.0 Å². The first kappa shape index (κ1) is 20.0. The number of methoxy groups -OCH3 is 3. The van der Waals surface area contributed by atoms with Gasteiger partial charge in [0.2, 0.25) is 11.8 Å². The predicted octanol–water partition coefficient (Wildman–Crippen LogP) is 1.97. The highest BCUT2D eigenvalue weighted by Crippen LogP contribution is 2.26. The molecule has 0 bridgehead atoms. The summed E-state index contributed by atoms with van der Waals surface area (Å²) in [4.78, 5) is 31.7. The third kappa shape index (κ3) is 5.84. The maximum absolute atomic E-state index is 12.4. The second kappa shape index (κ2) is 9.95. The minimum absolute atomic E-state index is 0.0165. The van der Waals surface area contributed by atoms with Gasteiger partial charge in [0.15, 0.2) is 0 Å². The molecule has 1 N–H and O–H groups in total. The molecule has 0 aliphatic heterocycles. The lowest BCUT2D eigenvalue weighted by Gasteiger charge is -2.11. The van der Waals surface area contributed by atoms with Gasteiger partial charge >= 0.3 is 12.0 Å². The molecule has 144 valence electrons. The summed E-state index contributed by atoms with van der Waals surface area (Å²) >= 11 is 0. The number of aromatic nitrogens is 2. The van der Waals surface area contributed by atoms with E-state index in [0.717, 1.165) is 0 Å². The van der Waals surface area contributed by atoms with Crippen molar-refractivity contribution in [2.75, 3.05) is 27.9 Å². The van der Waals surface area contributed by atoms with Crippen LogP contribution in [-0.2, 0) is 9.53 Å². The molecule has 0 unspecified atom stereocenters. The van der Waals surface area contributed by atoms with E-state index in [-0.39, 0.29) is 41.8 Å². The van der Waals surface area contributed by atoms with E-state index in [1.54, 1.807) is 24.3 Å². The van der Waals surface area contributed by atoms with Gasteiger partial charge in [0.25, 0.3) is 5.91 Å². The summed E-state index contributed by atoms with van der Waals surface area (Å²) in [5, 5.41) is 2.73. The van der Waals surface area contributed by atoms with Crippen molar-refractivity contribution in [3.8, 4) is 23.5 Å². The molecule has 9 nitrogen and oxygen atoms in total. The largest absolute Gasteiger partial charge is 0.481 e. The number of benzene rings is 1. The van der Waals surface area contributed by atoms with Gasteiger partial charge in [0.1, 0.15) is 5.75 Å². The SMILES string of the molecule is COC(=O)CCCNC(=O)c1ccccc1Oc1nc(OC)cc(OC)n1. The number of amides is 1. The molecule has 2 rings (SSSR count). The van der Waals surface area contributed by atoms with E-state index in [1.165, 1.54) is 27.4 Å². The van der Waals surface area contributed by atoms with Gasteiger partial charge < -0.3 is 24.3 Å². The van der Waals surface area contributed by atoms with Gasteiger partial charge in [-0.25, -0.2) is 0 Å². The maximum Gasteiger partial charge on any atom is 0.328 e. The average Bonchev–Trinajstić information content (AvgIpc) is 2.70. The van der Waals surface area contributed by atoms with E-state index in [1.807, 2.05) is 0 Å². The van der Waals surface area contributed by atoms with Crippen LogP contribution in [0.5, 0.6) is 23.5 Å². The zero-order chi connectivity index (χ0) is 19.6. The van der Waals surface area contributed by atoms with Crippen molar-refractivity contribution in [3.63, 3.8) is 0 Å². The molecule has 27 heavy (non-hydrogen) atoms. The van der Waals surface area contributed by atoms with Crippen LogP contribution in [0.2, 0.25) is 0 Å². The van der Waals surface area contributed by atoms with E-state index >= 15 is 0 Å². The molecule has 0 atom stereocenters. The van der Waals surface area contributed by atoms with Crippen molar-refractivity contribution in [3.05, 3.63) is 35.9 Å². The third-order valence-corrected chi connectivity index (χ3v) is 3.48. The zero-order valence-corrected chi connectivity index (χ0v) is 15.4. The highest BCUT2D eigenvalue weighted by atomic mass is 16.5. The number of para-hydroxylation sites is 1. The van der Waals surface area contributed by atoms with Crippen LogP contribution in [0.3, 0.4) is 0 Å². The molecular weight excluding hydrogens is 354 g/mol. The van der Waals surface area contributed by atoms with Gasteiger partial charge in [-0.3, -0.25) is 9.59 Å². The zero-order valence-electron chi connectivity index (χ0n) is 15.4.